The average molecular weight is 562 g/mol. The molecule has 0 amide bonds. The van der Waals surface area contributed by atoms with Crippen LogP contribution in [0.15, 0.2) is 28.7 Å². The van der Waals surface area contributed by atoms with Crippen LogP contribution in [0.25, 0.3) is 28.1 Å². The molecular weight excluding hydrogens is 539 g/mol. The molecule has 0 bridgehead atoms. The van der Waals surface area contributed by atoms with Crippen LogP contribution in [0.1, 0.15) is 42.9 Å². The van der Waals surface area contributed by atoms with E-state index in [-0.39, 0.29) is 22.8 Å². The molecule has 0 aliphatic carbocycles. The maximum Gasteiger partial charge on any atom is 0.435 e. The van der Waals surface area contributed by atoms with E-state index in [1.165, 1.54) is 10.6 Å². The highest BCUT2D eigenvalue weighted by Gasteiger charge is 2.39. The summed E-state index contributed by atoms with van der Waals surface area (Å²) in [4.78, 5) is 15.4. The predicted molar refractivity (Wildman–Crippen MR) is 133 cm³/mol. The molecule has 4 aromatic rings. The first-order valence-corrected chi connectivity index (χ1v) is 12.7. The standard InChI is InChI=1S/C24H23BrF3N7O/c25-17-18(19-20(24(26,27)28)31-15-6-2-1-5-14(15)30-19)33-35-21(29)16(13-7-11-36-12-8-13)22(32-23(17)35)34-9-3-4-10-34/h1-2,5-6,13H,3-4,7-12,29H2. The van der Waals surface area contributed by atoms with Crippen LogP contribution < -0.4 is 10.6 Å². The van der Waals surface area contributed by atoms with Gasteiger partial charge in [0.1, 0.15) is 23.0 Å². The molecule has 8 nitrogen and oxygen atoms in total. The first-order valence-electron chi connectivity index (χ1n) is 11.9. The largest absolute Gasteiger partial charge is 0.435 e. The van der Waals surface area contributed by atoms with Gasteiger partial charge >= 0.3 is 6.18 Å². The Labute approximate surface area is 212 Å². The fraction of sp³-hybridized carbons (Fsp3) is 0.417. The van der Waals surface area contributed by atoms with Gasteiger partial charge in [-0.1, -0.05) is 12.1 Å². The molecule has 188 valence electrons. The summed E-state index contributed by atoms with van der Waals surface area (Å²) in [5.41, 5.74) is 6.96. The quantitative estimate of drug-likeness (QED) is 0.367. The second-order valence-corrected chi connectivity index (χ2v) is 9.91. The molecule has 1 aromatic carbocycles. The second kappa shape index (κ2) is 8.84. The van der Waals surface area contributed by atoms with Crippen LogP contribution in [0.4, 0.5) is 24.8 Å². The summed E-state index contributed by atoms with van der Waals surface area (Å²) in [6.45, 7) is 2.95. The van der Waals surface area contributed by atoms with E-state index < -0.39 is 11.9 Å². The van der Waals surface area contributed by atoms with Crippen molar-refractivity contribution in [2.45, 2.75) is 37.8 Å². The number of rotatable bonds is 3. The lowest BCUT2D eigenvalue weighted by Crippen LogP contribution is -2.25. The van der Waals surface area contributed by atoms with Crippen molar-refractivity contribution in [1.82, 2.24) is 24.6 Å². The van der Waals surface area contributed by atoms with E-state index >= 15 is 0 Å². The summed E-state index contributed by atoms with van der Waals surface area (Å²) in [7, 11) is 0. The molecular formula is C24H23BrF3N7O. The molecule has 2 N–H and O–H groups in total. The van der Waals surface area contributed by atoms with Crippen LogP contribution in [-0.2, 0) is 10.9 Å². The van der Waals surface area contributed by atoms with Crippen molar-refractivity contribution in [3.05, 3.63) is 40.0 Å². The van der Waals surface area contributed by atoms with Gasteiger partial charge in [-0.2, -0.15) is 22.8 Å². The molecule has 3 aromatic heterocycles. The van der Waals surface area contributed by atoms with Crippen molar-refractivity contribution >= 4 is 44.2 Å². The van der Waals surface area contributed by atoms with Crippen molar-refractivity contribution in [3.8, 4) is 11.4 Å². The van der Waals surface area contributed by atoms with Gasteiger partial charge in [0, 0.05) is 31.9 Å². The Morgan fingerprint density at radius 3 is 2.31 bits per heavy atom. The van der Waals surface area contributed by atoms with Crippen LogP contribution in [0, 0.1) is 0 Å². The van der Waals surface area contributed by atoms with Gasteiger partial charge < -0.3 is 15.4 Å². The predicted octanol–water partition coefficient (Wildman–Crippen LogP) is 5.20. The van der Waals surface area contributed by atoms with Crippen molar-refractivity contribution in [2.75, 3.05) is 36.9 Å². The molecule has 2 saturated heterocycles. The SMILES string of the molecule is Nc1c(C2CCOCC2)c(N2CCCC2)nc2c(Br)c(-c3nc4ccccc4nc3C(F)(F)F)nn12. The van der Waals surface area contributed by atoms with Crippen molar-refractivity contribution in [2.24, 2.45) is 0 Å². The highest BCUT2D eigenvalue weighted by molar-refractivity contribution is 9.10. The maximum absolute atomic E-state index is 14.1. The summed E-state index contributed by atoms with van der Waals surface area (Å²) in [6, 6.07) is 6.45. The van der Waals surface area contributed by atoms with Crippen LogP contribution >= 0.6 is 15.9 Å². The van der Waals surface area contributed by atoms with E-state index in [1.54, 1.807) is 18.2 Å². The molecule has 0 spiro atoms. The third-order valence-electron chi connectivity index (χ3n) is 6.86. The van der Waals surface area contributed by atoms with E-state index in [9.17, 15) is 13.2 Å². The number of halogens is 4. The Bertz CT molecular complexity index is 1460. The average Bonchev–Trinajstić information content (AvgIpc) is 3.52. The zero-order valence-electron chi connectivity index (χ0n) is 19.2. The molecule has 2 aliphatic rings. The molecule has 2 aliphatic heterocycles. The number of aromatic nitrogens is 5. The van der Waals surface area contributed by atoms with Gasteiger partial charge in [-0.05, 0) is 59.7 Å². The van der Waals surface area contributed by atoms with Crippen molar-refractivity contribution < 1.29 is 17.9 Å². The normalized spacial score (nSPS) is 17.5. The van der Waals surface area contributed by atoms with Crippen LogP contribution in [-0.4, -0.2) is 50.9 Å². The van der Waals surface area contributed by atoms with Crippen LogP contribution in [0.2, 0.25) is 0 Å². The number of nitrogen functional groups attached to an aromatic ring is 1. The molecule has 6 rings (SSSR count). The van der Waals surface area contributed by atoms with E-state index in [1.807, 2.05) is 0 Å². The molecule has 0 unspecified atom stereocenters. The first kappa shape index (κ1) is 23.4. The maximum atomic E-state index is 14.1. The summed E-state index contributed by atoms with van der Waals surface area (Å²) in [5, 5.41) is 4.52. The third-order valence-corrected chi connectivity index (χ3v) is 7.59. The van der Waals surface area contributed by atoms with E-state index in [2.05, 4.69) is 35.9 Å². The minimum atomic E-state index is -4.73. The summed E-state index contributed by atoms with van der Waals surface area (Å²) in [5.74, 6) is 1.28. The molecule has 0 radical (unpaired) electrons. The zero-order chi connectivity index (χ0) is 25.0. The second-order valence-electron chi connectivity index (χ2n) is 9.12. The minimum Gasteiger partial charge on any atom is -0.383 e. The number of benzene rings is 1. The molecule has 0 saturated carbocycles. The summed E-state index contributed by atoms with van der Waals surface area (Å²) < 4.78 is 49.6. The van der Waals surface area contributed by atoms with E-state index in [4.69, 9.17) is 15.5 Å². The lowest BCUT2D eigenvalue weighted by Gasteiger charge is -2.29. The number of para-hydroxylation sites is 2. The molecule has 0 atom stereocenters. The zero-order valence-corrected chi connectivity index (χ0v) is 20.8. The minimum absolute atomic E-state index is 0.00345. The van der Waals surface area contributed by atoms with Gasteiger partial charge in [0.25, 0.3) is 0 Å². The number of nitrogens with zero attached hydrogens (tertiary/aromatic N) is 6. The van der Waals surface area contributed by atoms with Crippen LogP contribution in [0.3, 0.4) is 0 Å². The number of fused-ring (bicyclic) bond motifs is 2. The monoisotopic (exact) mass is 561 g/mol. The summed E-state index contributed by atoms with van der Waals surface area (Å²) >= 11 is 3.48. The molecule has 2 fully saturated rings. The number of anilines is 2. The molecule has 12 heteroatoms. The topological polar surface area (TPSA) is 94.5 Å². The number of nitrogens with two attached hydrogens (primary N) is 1. The molecule has 5 heterocycles. The number of ether oxygens (including phenoxy) is 1. The Balaban J connectivity index is 1.60. The van der Waals surface area contributed by atoms with Crippen LogP contribution in [0.5, 0.6) is 0 Å². The van der Waals surface area contributed by atoms with E-state index in [0.717, 1.165) is 50.2 Å². The lowest BCUT2D eigenvalue weighted by atomic mass is 9.92. The van der Waals surface area contributed by atoms with Gasteiger partial charge in [0.15, 0.2) is 11.3 Å². The highest BCUT2D eigenvalue weighted by Crippen LogP contribution is 2.43. The number of hydrogen-bond acceptors (Lipinski definition) is 7. The Morgan fingerprint density at radius 1 is 0.972 bits per heavy atom. The highest BCUT2D eigenvalue weighted by atomic mass is 79.9. The van der Waals surface area contributed by atoms with E-state index in [0.29, 0.717) is 34.7 Å². The number of alkyl halides is 3. The third kappa shape index (κ3) is 3.86. The van der Waals surface area contributed by atoms with Gasteiger partial charge in [-0.25, -0.2) is 15.0 Å². The lowest BCUT2D eigenvalue weighted by molar-refractivity contribution is -0.140. The number of hydrogen-bond donors (Lipinski definition) is 1. The fourth-order valence-electron chi connectivity index (χ4n) is 5.11. The smallest absolute Gasteiger partial charge is 0.383 e. The fourth-order valence-corrected chi connectivity index (χ4v) is 5.63. The van der Waals surface area contributed by atoms with Gasteiger partial charge in [-0.15, -0.1) is 0 Å². The Hall–Kier alpha value is -2.99. The Morgan fingerprint density at radius 2 is 1.64 bits per heavy atom. The summed E-state index contributed by atoms with van der Waals surface area (Å²) in [6.07, 6.45) is -1.04. The van der Waals surface area contributed by atoms with Gasteiger partial charge in [-0.3, -0.25) is 0 Å². The van der Waals surface area contributed by atoms with Crippen molar-refractivity contribution in [3.63, 3.8) is 0 Å². The van der Waals surface area contributed by atoms with Gasteiger partial charge in [0.2, 0.25) is 0 Å². The first-order chi connectivity index (χ1) is 17.3. The Kier molecular flexibility index (Phi) is 5.75. The van der Waals surface area contributed by atoms with Gasteiger partial charge in [0.05, 0.1) is 15.5 Å². The molecule has 36 heavy (non-hydrogen) atoms. The van der Waals surface area contributed by atoms with Crippen molar-refractivity contribution in [1.29, 1.82) is 0 Å².